The van der Waals surface area contributed by atoms with E-state index in [-0.39, 0.29) is 25.2 Å². The first-order chi connectivity index (χ1) is 11.0. The van der Waals surface area contributed by atoms with Gasteiger partial charge in [-0.3, -0.25) is 14.5 Å². The van der Waals surface area contributed by atoms with Crippen molar-refractivity contribution < 1.29 is 14.3 Å². The predicted molar refractivity (Wildman–Crippen MR) is 84.1 cm³/mol. The minimum atomic E-state index is -0.580. The molecule has 0 radical (unpaired) electrons. The summed E-state index contributed by atoms with van der Waals surface area (Å²) in [5.41, 5.74) is 4.98. The SMILES string of the molecule is CC(C)[C@@H]1CN(Cc2ncc[nH]2)C[C@H]1NC(=O)COCC(N)=O. The topological polar surface area (TPSA) is 113 Å². The third-order valence-electron chi connectivity index (χ3n) is 4.05. The van der Waals surface area contributed by atoms with E-state index in [1.165, 1.54) is 0 Å². The van der Waals surface area contributed by atoms with Gasteiger partial charge in [-0.25, -0.2) is 4.98 Å². The molecule has 0 bridgehead atoms. The minimum absolute atomic E-state index is 0.0645. The number of aromatic amines is 1. The molecule has 0 aliphatic carbocycles. The van der Waals surface area contributed by atoms with Crippen molar-refractivity contribution in [3.8, 4) is 0 Å². The molecule has 1 aliphatic rings. The smallest absolute Gasteiger partial charge is 0.246 e. The number of nitrogens with one attached hydrogen (secondary N) is 2. The molecule has 2 amide bonds. The van der Waals surface area contributed by atoms with Gasteiger partial charge in [-0.05, 0) is 11.8 Å². The highest BCUT2D eigenvalue weighted by molar-refractivity contribution is 5.79. The lowest BCUT2D eigenvalue weighted by Crippen LogP contribution is -2.43. The summed E-state index contributed by atoms with van der Waals surface area (Å²) in [7, 11) is 0. The fraction of sp³-hybridized carbons (Fsp3) is 0.667. The molecule has 1 aliphatic heterocycles. The van der Waals surface area contributed by atoms with E-state index in [1.807, 2.05) is 0 Å². The summed E-state index contributed by atoms with van der Waals surface area (Å²) in [5.74, 6) is 0.938. The van der Waals surface area contributed by atoms with E-state index < -0.39 is 5.91 Å². The van der Waals surface area contributed by atoms with Gasteiger partial charge in [0.25, 0.3) is 0 Å². The van der Waals surface area contributed by atoms with Gasteiger partial charge in [-0.15, -0.1) is 0 Å². The van der Waals surface area contributed by atoms with Gasteiger partial charge in [0.1, 0.15) is 19.0 Å². The molecule has 1 aromatic heterocycles. The van der Waals surface area contributed by atoms with Crippen LogP contribution in [0.1, 0.15) is 19.7 Å². The highest BCUT2D eigenvalue weighted by Crippen LogP contribution is 2.25. The second kappa shape index (κ2) is 8.07. The van der Waals surface area contributed by atoms with Gasteiger partial charge in [0, 0.05) is 31.5 Å². The normalized spacial score (nSPS) is 21.7. The van der Waals surface area contributed by atoms with E-state index in [2.05, 4.69) is 34.0 Å². The van der Waals surface area contributed by atoms with E-state index in [4.69, 9.17) is 10.5 Å². The van der Waals surface area contributed by atoms with Crippen molar-refractivity contribution in [1.29, 1.82) is 0 Å². The molecule has 2 rings (SSSR count). The lowest BCUT2D eigenvalue weighted by Gasteiger charge is -2.22. The molecule has 1 saturated heterocycles. The van der Waals surface area contributed by atoms with Crippen LogP contribution in [0.5, 0.6) is 0 Å². The number of nitrogens with zero attached hydrogens (tertiary/aromatic N) is 2. The number of rotatable bonds is 8. The van der Waals surface area contributed by atoms with Crippen LogP contribution in [-0.4, -0.2) is 59.0 Å². The molecule has 0 unspecified atom stereocenters. The monoisotopic (exact) mass is 323 g/mol. The summed E-state index contributed by atoms with van der Waals surface area (Å²) in [6.07, 6.45) is 3.54. The van der Waals surface area contributed by atoms with Crippen molar-refractivity contribution >= 4 is 11.8 Å². The van der Waals surface area contributed by atoms with Crippen LogP contribution in [0.2, 0.25) is 0 Å². The summed E-state index contributed by atoms with van der Waals surface area (Å²) in [6.45, 7) is 6.34. The zero-order chi connectivity index (χ0) is 16.8. The van der Waals surface area contributed by atoms with Crippen LogP contribution >= 0.6 is 0 Å². The van der Waals surface area contributed by atoms with Crippen molar-refractivity contribution in [3.63, 3.8) is 0 Å². The molecule has 23 heavy (non-hydrogen) atoms. The maximum absolute atomic E-state index is 11.9. The number of primary amides is 1. The van der Waals surface area contributed by atoms with Crippen LogP contribution in [0.15, 0.2) is 12.4 Å². The predicted octanol–water partition coefficient (Wildman–Crippen LogP) is -0.516. The zero-order valence-electron chi connectivity index (χ0n) is 13.6. The van der Waals surface area contributed by atoms with Crippen LogP contribution in [0, 0.1) is 11.8 Å². The first-order valence-corrected chi connectivity index (χ1v) is 7.81. The molecule has 0 saturated carbocycles. The second-order valence-corrected chi connectivity index (χ2v) is 6.27. The first-order valence-electron chi connectivity index (χ1n) is 7.81. The summed E-state index contributed by atoms with van der Waals surface area (Å²) in [5, 5.41) is 3.01. The lowest BCUT2D eigenvalue weighted by atomic mass is 9.91. The average Bonchev–Trinajstić information content (AvgIpc) is 3.08. The Morgan fingerprint density at radius 1 is 1.48 bits per heavy atom. The Morgan fingerprint density at radius 3 is 2.87 bits per heavy atom. The van der Waals surface area contributed by atoms with Crippen molar-refractivity contribution in [2.75, 3.05) is 26.3 Å². The number of aromatic nitrogens is 2. The molecule has 4 N–H and O–H groups in total. The molecule has 2 atom stereocenters. The first kappa shape index (κ1) is 17.4. The number of nitrogens with two attached hydrogens (primary N) is 1. The number of likely N-dealkylation sites (tertiary alicyclic amines) is 1. The number of amides is 2. The van der Waals surface area contributed by atoms with E-state index in [9.17, 15) is 9.59 Å². The molecule has 1 aromatic rings. The third kappa shape index (κ3) is 5.33. The molecule has 8 heteroatoms. The Balaban J connectivity index is 1.85. The number of ether oxygens (including phenoxy) is 1. The summed E-state index contributed by atoms with van der Waals surface area (Å²) in [6, 6.07) is 0.0645. The summed E-state index contributed by atoms with van der Waals surface area (Å²) >= 11 is 0. The molecule has 0 spiro atoms. The molecule has 128 valence electrons. The molecule has 0 aromatic carbocycles. The van der Waals surface area contributed by atoms with Crippen molar-refractivity contribution in [1.82, 2.24) is 20.2 Å². The van der Waals surface area contributed by atoms with Gasteiger partial charge < -0.3 is 20.8 Å². The zero-order valence-corrected chi connectivity index (χ0v) is 13.6. The van der Waals surface area contributed by atoms with Gasteiger partial charge in [0.2, 0.25) is 11.8 Å². The van der Waals surface area contributed by atoms with Crippen LogP contribution < -0.4 is 11.1 Å². The Kier molecular flexibility index (Phi) is 6.12. The second-order valence-electron chi connectivity index (χ2n) is 6.27. The fourth-order valence-electron chi connectivity index (χ4n) is 2.96. The van der Waals surface area contributed by atoms with E-state index in [0.717, 1.165) is 25.5 Å². The molecule has 2 heterocycles. The van der Waals surface area contributed by atoms with Crippen LogP contribution in [0.25, 0.3) is 0 Å². The standard InChI is InChI=1S/C15H25N5O3/c1-10(2)11-5-20(7-14-17-3-4-18-14)6-12(11)19-15(22)9-23-8-13(16)21/h3-4,10-12H,5-9H2,1-2H3,(H2,16,21)(H,17,18)(H,19,22)/t11-,12+/m0/s1. The van der Waals surface area contributed by atoms with Crippen LogP contribution in [0.3, 0.4) is 0 Å². The third-order valence-corrected chi connectivity index (χ3v) is 4.05. The maximum Gasteiger partial charge on any atom is 0.246 e. The van der Waals surface area contributed by atoms with Gasteiger partial charge in [0.15, 0.2) is 0 Å². The highest BCUT2D eigenvalue weighted by Gasteiger charge is 2.35. The van der Waals surface area contributed by atoms with Gasteiger partial charge >= 0.3 is 0 Å². The summed E-state index contributed by atoms with van der Waals surface area (Å²) < 4.78 is 4.96. The minimum Gasteiger partial charge on any atom is -0.368 e. The van der Waals surface area contributed by atoms with Gasteiger partial charge in [-0.2, -0.15) is 0 Å². The van der Waals surface area contributed by atoms with Crippen molar-refractivity contribution in [2.45, 2.75) is 26.4 Å². The van der Waals surface area contributed by atoms with Gasteiger partial charge in [-0.1, -0.05) is 13.8 Å². The van der Waals surface area contributed by atoms with Crippen LogP contribution in [0.4, 0.5) is 0 Å². The largest absolute Gasteiger partial charge is 0.368 e. The number of H-pyrrole nitrogens is 1. The Bertz CT molecular complexity index is 517. The van der Waals surface area contributed by atoms with E-state index in [0.29, 0.717) is 11.8 Å². The number of hydrogen-bond donors (Lipinski definition) is 3. The van der Waals surface area contributed by atoms with E-state index >= 15 is 0 Å². The van der Waals surface area contributed by atoms with E-state index in [1.54, 1.807) is 12.4 Å². The Hall–Kier alpha value is -1.93. The quantitative estimate of drug-likeness (QED) is 0.596. The van der Waals surface area contributed by atoms with Crippen molar-refractivity contribution in [2.24, 2.45) is 17.6 Å². The maximum atomic E-state index is 11.9. The van der Waals surface area contributed by atoms with Crippen molar-refractivity contribution in [3.05, 3.63) is 18.2 Å². The summed E-state index contributed by atoms with van der Waals surface area (Å²) in [4.78, 5) is 32.2. The molecule has 8 nitrogen and oxygen atoms in total. The molecular weight excluding hydrogens is 298 g/mol. The fourth-order valence-corrected chi connectivity index (χ4v) is 2.96. The number of carbonyl (C=O) groups excluding carboxylic acids is 2. The lowest BCUT2D eigenvalue weighted by molar-refractivity contribution is -0.130. The van der Waals surface area contributed by atoms with Crippen LogP contribution in [-0.2, 0) is 20.9 Å². The number of carbonyl (C=O) groups is 2. The molecule has 1 fully saturated rings. The Labute approximate surface area is 135 Å². The molecular formula is C15H25N5O3. The number of imidazole rings is 1. The average molecular weight is 323 g/mol. The Morgan fingerprint density at radius 2 is 2.26 bits per heavy atom. The highest BCUT2D eigenvalue weighted by atomic mass is 16.5. The van der Waals surface area contributed by atoms with Gasteiger partial charge in [0.05, 0.1) is 6.54 Å². The number of hydrogen-bond acceptors (Lipinski definition) is 5.